The number of sulfonamides is 1. The zero-order chi connectivity index (χ0) is 15.3. The highest BCUT2D eigenvalue weighted by molar-refractivity contribution is 7.89. The van der Waals surface area contributed by atoms with Crippen molar-refractivity contribution in [2.45, 2.75) is 49.6 Å². The van der Waals surface area contributed by atoms with E-state index in [9.17, 15) is 8.42 Å². The van der Waals surface area contributed by atoms with Crippen molar-refractivity contribution in [3.8, 4) is 0 Å². The molecule has 1 heterocycles. The highest BCUT2D eigenvalue weighted by atomic mass is 32.2. The van der Waals surface area contributed by atoms with E-state index in [-0.39, 0.29) is 17.0 Å². The number of nitrogens with zero attached hydrogens (tertiary/aromatic N) is 1. The molecule has 0 aliphatic heterocycles. The maximum atomic E-state index is 12.3. The number of ether oxygens (including phenoxy) is 1. The van der Waals surface area contributed by atoms with Crippen LogP contribution in [0.4, 0.5) is 5.82 Å². The van der Waals surface area contributed by atoms with Gasteiger partial charge in [0.05, 0.1) is 6.10 Å². The van der Waals surface area contributed by atoms with Crippen molar-refractivity contribution in [1.29, 1.82) is 0 Å². The van der Waals surface area contributed by atoms with Crippen LogP contribution in [0.5, 0.6) is 0 Å². The van der Waals surface area contributed by atoms with Gasteiger partial charge in [0.25, 0.3) is 0 Å². The van der Waals surface area contributed by atoms with Gasteiger partial charge in [0, 0.05) is 25.9 Å². The monoisotopic (exact) mass is 313 g/mol. The third kappa shape index (κ3) is 4.39. The molecule has 1 aromatic heterocycles. The van der Waals surface area contributed by atoms with E-state index in [4.69, 9.17) is 4.74 Å². The van der Waals surface area contributed by atoms with E-state index in [2.05, 4.69) is 21.9 Å². The highest BCUT2D eigenvalue weighted by Crippen LogP contribution is 2.23. The normalized spacial score (nSPS) is 22.4. The van der Waals surface area contributed by atoms with Crippen LogP contribution in [0.1, 0.15) is 32.6 Å². The SMILES string of the molecule is CCCNc1ccc(S(=O)(=O)NC2CCC(OC)C2)cn1. The number of methoxy groups -OCH3 is 1. The van der Waals surface area contributed by atoms with Crippen molar-refractivity contribution in [2.24, 2.45) is 0 Å². The minimum Gasteiger partial charge on any atom is -0.381 e. The molecule has 2 N–H and O–H groups in total. The molecular formula is C14H23N3O3S. The van der Waals surface area contributed by atoms with Crippen LogP contribution in [-0.2, 0) is 14.8 Å². The molecule has 1 fully saturated rings. The Morgan fingerprint density at radius 3 is 2.76 bits per heavy atom. The van der Waals surface area contributed by atoms with Crippen LogP contribution in [0, 0.1) is 0 Å². The number of rotatable bonds is 7. The molecule has 0 aromatic carbocycles. The minimum atomic E-state index is -3.51. The van der Waals surface area contributed by atoms with Crippen molar-refractivity contribution in [2.75, 3.05) is 19.0 Å². The first kappa shape index (κ1) is 16.2. The Morgan fingerprint density at radius 1 is 1.38 bits per heavy atom. The first-order valence-electron chi connectivity index (χ1n) is 7.30. The summed E-state index contributed by atoms with van der Waals surface area (Å²) in [5, 5.41) is 3.12. The third-order valence-electron chi connectivity index (χ3n) is 3.64. The van der Waals surface area contributed by atoms with Gasteiger partial charge in [0.2, 0.25) is 10.0 Å². The van der Waals surface area contributed by atoms with Gasteiger partial charge in [-0.25, -0.2) is 18.1 Å². The summed E-state index contributed by atoms with van der Waals surface area (Å²) in [6.07, 6.45) is 4.95. The summed E-state index contributed by atoms with van der Waals surface area (Å²) in [6, 6.07) is 3.21. The zero-order valence-corrected chi connectivity index (χ0v) is 13.3. The van der Waals surface area contributed by atoms with E-state index < -0.39 is 10.0 Å². The van der Waals surface area contributed by atoms with Gasteiger partial charge in [0.1, 0.15) is 10.7 Å². The fraction of sp³-hybridized carbons (Fsp3) is 0.643. The standard InChI is InChI=1S/C14H23N3O3S/c1-3-8-15-14-7-6-13(10-16-14)21(18,19)17-11-4-5-12(9-11)20-2/h6-7,10-12,17H,3-5,8-9H2,1-2H3,(H,15,16). The lowest BCUT2D eigenvalue weighted by molar-refractivity contribution is 0.107. The molecule has 1 aliphatic carbocycles. The van der Waals surface area contributed by atoms with E-state index in [1.54, 1.807) is 19.2 Å². The Bertz CT molecular complexity index is 545. The molecule has 1 aromatic rings. The van der Waals surface area contributed by atoms with Crippen molar-refractivity contribution in [3.05, 3.63) is 18.3 Å². The molecule has 0 spiro atoms. The number of hydrogen-bond acceptors (Lipinski definition) is 5. The molecule has 118 valence electrons. The summed E-state index contributed by atoms with van der Waals surface area (Å²) >= 11 is 0. The lowest BCUT2D eigenvalue weighted by Crippen LogP contribution is -2.33. The van der Waals surface area contributed by atoms with Gasteiger partial charge in [-0.3, -0.25) is 0 Å². The molecule has 2 atom stereocenters. The summed E-state index contributed by atoms with van der Waals surface area (Å²) in [4.78, 5) is 4.33. The summed E-state index contributed by atoms with van der Waals surface area (Å²) in [6.45, 7) is 2.88. The maximum absolute atomic E-state index is 12.3. The van der Waals surface area contributed by atoms with Crippen LogP contribution >= 0.6 is 0 Å². The van der Waals surface area contributed by atoms with Crippen LogP contribution in [0.25, 0.3) is 0 Å². The maximum Gasteiger partial charge on any atom is 0.242 e. The molecule has 0 radical (unpaired) electrons. The highest BCUT2D eigenvalue weighted by Gasteiger charge is 2.28. The topological polar surface area (TPSA) is 80.3 Å². The second-order valence-corrected chi connectivity index (χ2v) is 7.01. The Kier molecular flexibility index (Phi) is 5.55. The summed E-state index contributed by atoms with van der Waals surface area (Å²) < 4.78 is 32.6. The largest absolute Gasteiger partial charge is 0.381 e. The smallest absolute Gasteiger partial charge is 0.242 e. The number of aromatic nitrogens is 1. The van der Waals surface area contributed by atoms with E-state index in [1.165, 1.54) is 6.20 Å². The number of hydrogen-bond donors (Lipinski definition) is 2. The average Bonchev–Trinajstić information content (AvgIpc) is 2.92. The number of nitrogens with one attached hydrogen (secondary N) is 2. The van der Waals surface area contributed by atoms with Gasteiger partial charge in [-0.2, -0.15) is 0 Å². The van der Waals surface area contributed by atoms with E-state index >= 15 is 0 Å². The first-order valence-corrected chi connectivity index (χ1v) is 8.78. The second kappa shape index (κ2) is 7.20. The van der Waals surface area contributed by atoms with Gasteiger partial charge in [-0.15, -0.1) is 0 Å². The van der Waals surface area contributed by atoms with Gasteiger partial charge in [-0.05, 0) is 37.8 Å². The Morgan fingerprint density at radius 2 is 2.19 bits per heavy atom. The molecule has 1 aliphatic rings. The zero-order valence-electron chi connectivity index (χ0n) is 12.5. The lowest BCUT2D eigenvalue weighted by Gasteiger charge is -2.13. The van der Waals surface area contributed by atoms with Gasteiger partial charge in [0.15, 0.2) is 0 Å². The molecule has 6 nitrogen and oxygen atoms in total. The molecular weight excluding hydrogens is 290 g/mol. The molecule has 0 amide bonds. The van der Waals surface area contributed by atoms with Crippen LogP contribution in [0.2, 0.25) is 0 Å². The third-order valence-corrected chi connectivity index (χ3v) is 5.15. The van der Waals surface area contributed by atoms with Crippen LogP contribution in [0.15, 0.2) is 23.2 Å². The van der Waals surface area contributed by atoms with Crippen LogP contribution < -0.4 is 10.0 Å². The second-order valence-electron chi connectivity index (χ2n) is 5.29. The summed E-state index contributed by atoms with van der Waals surface area (Å²) in [5.74, 6) is 0.691. The predicted molar refractivity (Wildman–Crippen MR) is 81.8 cm³/mol. The molecule has 0 saturated heterocycles. The Labute approximate surface area is 126 Å². The molecule has 2 rings (SSSR count). The summed E-state index contributed by atoms with van der Waals surface area (Å²) in [7, 11) is -1.85. The molecule has 1 saturated carbocycles. The van der Waals surface area contributed by atoms with Crippen molar-refractivity contribution in [3.63, 3.8) is 0 Å². The van der Waals surface area contributed by atoms with Gasteiger partial charge < -0.3 is 10.1 Å². The quantitative estimate of drug-likeness (QED) is 0.801. The van der Waals surface area contributed by atoms with E-state index in [0.29, 0.717) is 5.82 Å². The van der Waals surface area contributed by atoms with Crippen LogP contribution in [-0.4, -0.2) is 39.2 Å². The van der Waals surface area contributed by atoms with Crippen molar-refractivity contribution in [1.82, 2.24) is 9.71 Å². The Balaban J connectivity index is 1.99. The molecule has 0 bridgehead atoms. The average molecular weight is 313 g/mol. The van der Waals surface area contributed by atoms with Crippen LogP contribution in [0.3, 0.4) is 0 Å². The van der Waals surface area contributed by atoms with Crippen molar-refractivity contribution < 1.29 is 13.2 Å². The first-order chi connectivity index (χ1) is 10.0. The lowest BCUT2D eigenvalue weighted by atomic mass is 10.3. The Hall–Kier alpha value is -1.18. The van der Waals surface area contributed by atoms with Gasteiger partial charge in [-0.1, -0.05) is 6.92 Å². The predicted octanol–water partition coefficient (Wildman–Crippen LogP) is 1.75. The molecule has 21 heavy (non-hydrogen) atoms. The van der Waals surface area contributed by atoms with Crippen molar-refractivity contribution >= 4 is 15.8 Å². The van der Waals surface area contributed by atoms with Gasteiger partial charge >= 0.3 is 0 Å². The van der Waals surface area contributed by atoms with E-state index in [0.717, 1.165) is 32.2 Å². The summed E-state index contributed by atoms with van der Waals surface area (Å²) in [5.41, 5.74) is 0. The van der Waals surface area contributed by atoms with E-state index in [1.807, 2.05) is 0 Å². The fourth-order valence-electron chi connectivity index (χ4n) is 2.45. The molecule has 7 heteroatoms. The minimum absolute atomic E-state index is 0.0576. The molecule has 2 unspecified atom stereocenters. The fourth-order valence-corrected chi connectivity index (χ4v) is 3.67. The number of anilines is 1. The number of pyridine rings is 1.